The molecule has 2 rings (SSSR count). The van der Waals surface area contributed by atoms with Gasteiger partial charge < -0.3 is 19.9 Å². The number of hydrogen-bond donors (Lipinski definition) is 2. The standard InChI is InChI=1S/C17H20N2O5S/c1-9(2)24-13-6-5-11(17(21)22)7-12(13)19-16(20)15-10(3)18-14(25-15)8-23-4/h5-7,9H,8H2,1-4H3,(H,19,20)(H,21,22). The zero-order valence-electron chi connectivity index (χ0n) is 14.5. The average molecular weight is 364 g/mol. The van der Waals surface area contributed by atoms with Gasteiger partial charge in [0.1, 0.15) is 15.6 Å². The van der Waals surface area contributed by atoms with Crippen LogP contribution in [0.3, 0.4) is 0 Å². The van der Waals surface area contributed by atoms with Gasteiger partial charge in [-0.3, -0.25) is 4.79 Å². The maximum Gasteiger partial charge on any atom is 0.335 e. The molecule has 0 saturated heterocycles. The molecular weight excluding hydrogens is 344 g/mol. The monoisotopic (exact) mass is 364 g/mol. The molecule has 7 nitrogen and oxygen atoms in total. The number of nitrogens with one attached hydrogen (secondary N) is 1. The van der Waals surface area contributed by atoms with E-state index in [-0.39, 0.29) is 17.6 Å². The van der Waals surface area contributed by atoms with Crippen LogP contribution < -0.4 is 10.1 Å². The van der Waals surface area contributed by atoms with Gasteiger partial charge in [0.2, 0.25) is 0 Å². The molecule has 0 spiro atoms. The minimum absolute atomic E-state index is 0.0625. The topological polar surface area (TPSA) is 97.8 Å². The van der Waals surface area contributed by atoms with Crippen LogP contribution in [0.15, 0.2) is 18.2 Å². The summed E-state index contributed by atoms with van der Waals surface area (Å²) in [4.78, 5) is 28.5. The van der Waals surface area contributed by atoms with Crippen LogP contribution in [0.25, 0.3) is 0 Å². The van der Waals surface area contributed by atoms with E-state index in [1.54, 1.807) is 14.0 Å². The Morgan fingerprint density at radius 1 is 1.36 bits per heavy atom. The van der Waals surface area contributed by atoms with Gasteiger partial charge in [-0.2, -0.15) is 0 Å². The smallest absolute Gasteiger partial charge is 0.335 e. The van der Waals surface area contributed by atoms with Gasteiger partial charge in [-0.25, -0.2) is 9.78 Å². The summed E-state index contributed by atoms with van der Waals surface area (Å²) in [7, 11) is 1.56. The molecule has 0 fully saturated rings. The molecule has 0 aliphatic carbocycles. The quantitative estimate of drug-likeness (QED) is 0.782. The van der Waals surface area contributed by atoms with Crippen LogP contribution in [-0.4, -0.2) is 35.2 Å². The molecule has 25 heavy (non-hydrogen) atoms. The summed E-state index contributed by atoms with van der Waals surface area (Å²) in [5, 5.41) is 12.6. The normalized spacial score (nSPS) is 10.8. The SMILES string of the molecule is COCc1nc(C)c(C(=O)Nc2cc(C(=O)O)ccc2OC(C)C)s1. The Balaban J connectivity index is 2.32. The van der Waals surface area contributed by atoms with Crippen molar-refractivity contribution in [1.82, 2.24) is 4.98 Å². The first kappa shape index (κ1) is 18.9. The maximum atomic E-state index is 12.6. The third kappa shape index (κ3) is 4.77. The number of hydrogen-bond acceptors (Lipinski definition) is 6. The fourth-order valence-electron chi connectivity index (χ4n) is 2.14. The first-order valence-electron chi connectivity index (χ1n) is 7.62. The van der Waals surface area contributed by atoms with Crippen LogP contribution in [0.5, 0.6) is 5.75 Å². The molecule has 1 aromatic heterocycles. The number of amides is 1. The van der Waals surface area contributed by atoms with Gasteiger partial charge in [0.25, 0.3) is 5.91 Å². The number of benzene rings is 1. The first-order chi connectivity index (χ1) is 11.8. The molecule has 0 atom stereocenters. The van der Waals surface area contributed by atoms with Crippen LogP contribution >= 0.6 is 11.3 Å². The van der Waals surface area contributed by atoms with Gasteiger partial charge in [0.05, 0.1) is 29.7 Å². The largest absolute Gasteiger partial charge is 0.489 e. The molecule has 0 radical (unpaired) electrons. The summed E-state index contributed by atoms with van der Waals surface area (Å²) >= 11 is 1.24. The molecule has 0 aliphatic heterocycles. The van der Waals surface area contributed by atoms with E-state index in [0.717, 1.165) is 0 Å². The van der Waals surface area contributed by atoms with E-state index in [9.17, 15) is 9.59 Å². The number of aromatic nitrogens is 1. The highest BCUT2D eigenvalue weighted by molar-refractivity contribution is 7.13. The maximum absolute atomic E-state index is 12.6. The summed E-state index contributed by atoms with van der Waals surface area (Å²) in [5.74, 6) is -1.04. The fraction of sp³-hybridized carbons (Fsp3) is 0.353. The summed E-state index contributed by atoms with van der Waals surface area (Å²) in [6, 6.07) is 4.35. The Hall–Kier alpha value is -2.45. The summed E-state index contributed by atoms with van der Waals surface area (Å²) < 4.78 is 10.7. The molecule has 2 aromatic rings. The number of carboxylic acid groups (broad SMARTS) is 1. The molecule has 0 unspecified atom stereocenters. The molecular formula is C17H20N2O5S. The van der Waals surface area contributed by atoms with Gasteiger partial charge in [-0.05, 0) is 39.0 Å². The number of nitrogens with zero attached hydrogens (tertiary/aromatic N) is 1. The van der Waals surface area contributed by atoms with E-state index in [1.165, 1.54) is 29.5 Å². The number of carboxylic acids is 1. The van der Waals surface area contributed by atoms with Crippen LogP contribution in [-0.2, 0) is 11.3 Å². The zero-order valence-corrected chi connectivity index (χ0v) is 15.3. The van der Waals surface area contributed by atoms with Crippen molar-refractivity contribution in [3.63, 3.8) is 0 Å². The summed E-state index contributed by atoms with van der Waals surface area (Å²) in [5.41, 5.74) is 0.961. The number of ether oxygens (including phenoxy) is 2. The van der Waals surface area contributed by atoms with Crippen molar-refractivity contribution < 1.29 is 24.2 Å². The van der Waals surface area contributed by atoms with Crippen molar-refractivity contribution in [3.05, 3.63) is 39.3 Å². The predicted molar refractivity (Wildman–Crippen MR) is 94.7 cm³/mol. The number of aromatic carboxylic acids is 1. The molecule has 0 saturated carbocycles. The van der Waals surface area contributed by atoms with E-state index >= 15 is 0 Å². The Morgan fingerprint density at radius 2 is 2.08 bits per heavy atom. The number of thiazole rings is 1. The summed E-state index contributed by atoms with van der Waals surface area (Å²) in [6.45, 7) is 5.76. The number of anilines is 1. The minimum atomic E-state index is -1.08. The lowest BCUT2D eigenvalue weighted by Crippen LogP contribution is -2.15. The van der Waals surface area contributed by atoms with Gasteiger partial charge in [0.15, 0.2) is 0 Å². The van der Waals surface area contributed by atoms with Gasteiger partial charge in [0, 0.05) is 7.11 Å². The van der Waals surface area contributed by atoms with Crippen molar-refractivity contribution in [2.75, 3.05) is 12.4 Å². The highest BCUT2D eigenvalue weighted by Gasteiger charge is 2.18. The molecule has 2 N–H and O–H groups in total. The lowest BCUT2D eigenvalue weighted by molar-refractivity contribution is 0.0696. The third-order valence-electron chi connectivity index (χ3n) is 3.15. The predicted octanol–water partition coefficient (Wildman–Crippen LogP) is 3.34. The lowest BCUT2D eigenvalue weighted by atomic mass is 10.2. The summed E-state index contributed by atoms with van der Waals surface area (Å²) in [6.07, 6.45) is -0.121. The number of rotatable bonds is 7. The molecule has 8 heteroatoms. The average Bonchev–Trinajstić information content (AvgIpc) is 2.89. The van der Waals surface area contributed by atoms with E-state index in [2.05, 4.69) is 10.3 Å². The van der Waals surface area contributed by atoms with Crippen molar-refractivity contribution in [2.45, 2.75) is 33.5 Å². The molecule has 1 aromatic carbocycles. The van der Waals surface area contributed by atoms with E-state index in [4.69, 9.17) is 14.6 Å². The van der Waals surface area contributed by atoms with Gasteiger partial charge in [-0.1, -0.05) is 0 Å². The van der Waals surface area contributed by atoms with Crippen LogP contribution in [0.2, 0.25) is 0 Å². The Labute approximate surface area is 149 Å². The highest BCUT2D eigenvalue weighted by Crippen LogP contribution is 2.29. The van der Waals surface area contributed by atoms with E-state index < -0.39 is 5.97 Å². The third-order valence-corrected chi connectivity index (χ3v) is 4.28. The number of aryl methyl sites for hydroxylation is 1. The second kappa shape index (κ2) is 8.09. The molecule has 0 bridgehead atoms. The Bertz CT molecular complexity index is 785. The van der Waals surface area contributed by atoms with Crippen LogP contribution in [0.4, 0.5) is 5.69 Å². The number of carbonyl (C=O) groups excluding carboxylic acids is 1. The second-order valence-electron chi connectivity index (χ2n) is 5.59. The van der Waals surface area contributed by atoms with Gasteiger partial charge >= 0.3 is 5.97 Å². The van der Waals surface area contributed by atoms with Gasteiger partial charge in [-0.15, -0.1) is 11.3 Å². The number of methoxy groups -OCH3 is 1. The van der Waals surface area contributed by atoms with Crippen molar-refractivity contribution in [1.29, 1.82) is 0 Å². The first-order valence-corrected chi connectivity index (χ1v) is 8.44. The lowest BCUT2D eigenvalue weighted by Gasteiger charge is -2.15. The second-order valence-corrected chi connectivity index (χ2v) is 6.68. The molecule has 0 aliphatic rings. The van der Waals surface area contributed by atoms with Crippen molar-refractivity contribution in [2.24, 2.45) is 0 Å². The zero-order chi connectivity index (χ0) is 18.6. The van der Waals surface area contributed by atoms with E-state index in [1.807, 2.05) is 13.8 Å². The Morgan fingerprint density at radius 3 is 2.68 bits per heavy atom. The molecule has 134 valence electrons. The van der Waals surface area contributed by atoms with E-state index in [0.29, 0.717) is 33.6 Å². The number of carbonyl (C=O) groups is 2. The highest BCUT2D eigenvalue weighted by atomic mass is 32.1. The van der Waals surface area contributed by atoms with Crippen molar-refractivity contribution >= 4 is 28.9 Å². The molecule has 1 heterocycles. The van der Waals surface area contributed by atoms with Crippen molar-refractivity contribution in [3.8, 4) is 5.75 Å². The fourth-order valence-corrected chi connectivity index (χ4v) is 3.08. The molecule has 1 amide bonds. The van der Waals surface area contributed by atoms with Crippen LogP contribution in [0.1, 0.15) is 44.6 Å². The Kier molecular flexibility index (Phi) is 6.11. The minimum Gasteiger partial charge on any atom is -0.489 e. The van der Waals surface area contributed by atoms with Crippen LogP contribution in [0, 0.1) is 6.92 Å².